The van der Waals surface area contributed by atoms with E-state index in [1.165, 1.54) is 0 Å². The van der Waals surface area contributed by atoms with E-state index < -0.39 is 18.1 Å². The summed E-state index contributed by atoms with van der Waals surface area (Å²) in [5.74, 6) is -0.631. The van der Waals surface area contributed by atoms with E-state index in [2.05, 4.69) is 10.6 Å². The molecular formula is C29H38N4O3. The molecule has 0 bridgehead atoms. The molecule has 7 heteroatoms. The average Bonchev–Trinajstić information content (AvgIpc) is 3.31. The highest BCUT2D eigenvalue weighted by Crippen LogP contribution is 2.32. The molecule has 4 rings (SSSR count). The largest absolute Gasteiger partial charge is 0.343 e. The number of nitrogens with one attached hydrogen (secondary N) is 2. The predicted molar refractivity (Wildman–Crippen MR) is 140 cm³/mol. The highest BCUT2D eigenvalue weighted by Gasteiger charge is 2.44. The van der Waals surface area contributed by atoms with Crippen molar-refractivity contribution in [3.8, 4) is 0 Å². The average molecular weight is 491 g/mol. The molecule has 0 aromatic heterocycles. The van der Waals surface area contributed by atoms with Gasteiger partial charge in [0.15, 0.2) is 0 Å². The number of nitrogens with zero attached hydrogens (tertiary/aromatic N) is 1. The lowest BCUT2D eigenvalue weighted by atomic mass is 9.97. The smallest absolute Gasteiger partial charge is 0.246 e. The van der Waals surface area contributed by atoms with Crippen LogP contribution >= 0.6 is 0 Å². The number of amides is 3. The van der Waals surface area contributed by atoms with Gasteiger partial charge in [0.25, 0.3) is 0 Å². The normalized spacial score (nSPS) is 23.7. The van der Waals surface area contributed by atoms with Crippen molar-refractivity contribution in [2.24, 2.45) is 5.73 Å². The summed E-state index contributed by atoms with van der Waals surface area (Å²) in [7, 11) is 0. The quantitative estimate of drug-likeness (QED) is 0.554. The van der Waals surface area contributed by atoms with Gasteiger partial charge in [0, 0.05) is 6.04 Å². The number of rotatable bonds is 7. The first-order valence-electron chi connectivity index (χ1n) is 13.2. The fourth-order valence-corrected chi connectivity index (χ4v) is 5.39. The van der Waals surface area contributed by atoms with Crippen LogP contribution in [0.15, 0.2) is 54.6 Å². The molecule has 4 N–H and O–H groups in total. The topological polar surface area (TPSA) is 105 Å². The number of fused-ring (bicyclic) bond motifs is 1. The second-order valence-electron chi connectivity index (χ2n) is 10.1. The van der Waals surface area contributed by atoms with Crippen molar-refractivity contribution < 1.29 is 14.4 Å². The summed E-state index contributed by atoms with van der Waals surface area (Å²) in [6.07, 6.45) is 5.18. The van der Waals surface area contributed by atoms with Crippen molar-refractivity contribution in [2.45, 2.75) is 89.0 Å². The zero-order chi connectivity index (χ0) is 25.7. The minimum absolute atomic E-state index is 0.0161. The van der Waals surface area contributed by atoms with Crippen LogP contribution in [-0.4, -0.2) is 46.8 Å². The molecule has 2 aliphatic rings. The van der Waals surface area contributed by atoms with Gasteiger partial charge in [-0.25, -0.2) is 0 Å². The van der Waals surface area contributed by atoms with Crippen molar-refractivity contribution in [3.05, 3.63) is 71.3 Å². The van der Waals surface area contributed by atoms with Gasteiger partial charge in [-0.2, -0.15) is 0 Å². The lowest BCUT2D eigenvalue weighted by Crippen LogP contribution is -2.58. The third kappa shape index (κ3) is 5.78. The molecule has 2 heterocycles. The van der Waals surface area contributed by atoms with Gasteiger partial charge in [0.05, 0.1) is 12.1 Å². The van der Waals surface area contributed by atoms with E-state index in [4.69, 9.17) is 5.73 Å². The number of hydrogen-bond donors (Lipinski definition) is 3. The predicted octanol–water partition coefficient (Wildman–Crippen LogP) is 3.36. The van der Waals surface area contributed by atoms with E-state index in [-0.39, 0.29) is 29.8 Å². The Morgan fingerprint density at radius 1 is 0.972 bits per heavy atom. The molecule has 7 nitrogen and oxygen atoms in total. The molecule has 0 aliphatic carbocycles. The maximum Gasteiger partial charge on any atom is 0.246 e. The van der Waals surface area contributed by atoms with Crippen LogP contribution in [0.5, 0.6) is 0 Å². The molecule has 0 radical (unpaired) electrons. The zero-order valence-electron chi connectivity index (χ0n) is 21.3. The fraction of sp³-hybridized carbons (Fsp3) is 0.483. The number of aryl methyl sites for hydroxylation is 1. The maximum atomic E-state index is 13.7. The van der Waals surface area contributed by atoms with Crippen molar-refractivity contribution in [1.82, 2.24) is 15.5 Å². The van der Waals surface area contributed by atoms with Crippen molar-refractivity contribution >= 4 is 17.7 Å². The second kappa shape index (κ2) is 11.7. The summed E-state index contributed by atoms with van der Waals surface area (Å²) in [6, 6.07) is 15.9. The first-order chi connectivity index (χ1) is 17.4. The van der Waals surface area contributed by atoms with E-state index in [1.54, 1.807) is 4.90 Å². The van der Waals surface area contributed by atoms with Crippen LogP contribution in [-0.2, 0) is 14.4 Å². The number of nitrogens with two attached hydrogens (primary N) is 1. The number of hydrogen-bond acceptors (Lipinski definition) is 4. The molecule has 192 valence electrons. The Balaban J connectivity index is 1.56. The van der Waals surface area contributed by atoms with Gasteiger partial charge in [-0.15, -0.1) is 0 Å². The molecule has 36 heavy (non-hydrogen) atoms. The van der Waals surface area contributed by atoms with Gasteiger partial charge in [-0.1, -0.05) is 79.9 Å². The summed E-state index contributed by atoms with van der Waals surface area (Å²) in [5, 5.41) is 6.11. The van der Waals surface area contributed by atoms with Gasteiger partial charge in [-0.3, -0.25) is 14.4 Å². The second-order valence-corrected chi connectivity index (χ2v) is 10.1. The van der Waals surface area contributed by atoms with Gasteiger partial charge in [-0.05, 0) is 50.2 Å². The Bertz CT molecular complexity index is 1060. The summed E-state index contributed by atoms with van der Waals surface area (Å²) >= 11 is 0. The number of carbonyl (C=O) groups excluding carboxylic acids is 3. The molecule has 2 fully saturated rings. The fourth-order valence-electron chi connectivity index (χ4n) is 5.39. The standard InChI is InChI=1S/C29H38N4O3/c1-3-23(30)27(34)31-24-12-8-7-11-22-17-18-25(33(22)29(24)36)28(35)32-26(20-9-5-4-6-10-20)21-15-13-19(2)14-16-21/h4-6,9-10,13-16,22-26H,3,7-8,11-12,17-18,30H2,1-2H3,(H,31,34)(H,32,35)/t22-,23-,24-,25-,26+/m0/s1. The number of carbonyl (C=O) groups is 3. The van der Waals surface area contributed by atoms with Gasteiger partial charge in [0.1, 0.15) is 12.1 Å². The maximum absolute atomic E-state index is 13.7. The van der Waals surface area contributed by atoms with Crippen LogP contribution in [0, 0.1) is 6.92 Å². The summed E-state index contributed by atoms with van der Waals surface area (Å²) < 4.78 is 0. The third-order valence-corrected chi connectivity index (χ3v) is 7.56. The number of benzene rings is 2. The van der Waals surface area contributed by atoms with Gasteiger partial charge >= 0.3 is 0 Å². The van der Waals surface area contributed by atoms with Crippen molar-refractivity contribution in [2.75, 3.05) is 0 Å². The van der Waals surface area contributed by atoms with E-state index in [0.29, 0.717) is 19.3 Å². The van der Waals surface area contributed by atoms with E-state index >= 15 is 0 Å². The van der Waals surface area contributed by atoms with Crippen LogP contribution in [0.2, 0.25) is 0 Å². The Morgan fingerprint density at radius 3 is 2.33 bits per heavy atom. The lowest BCUT2D eigenvalue weighted by Gasteiger charge is -2.36. The van der Waals surface area contributed by atoms with Crippen LogP contribution in [0.3, 0.4) is 0 Å². The highest BCUT2D eigenvalue weighted by molar-refractivity contribution is 5.94. The first-order valence-corrected chi connectivity index (χ1v) is 13.2. The minimum atomic E-state index is -0.645. The zero-order valence-corrected chi connectivity index (χ0v) is 21.3. The Kier molecular flexibility index (Phi) is 8.41. The van der Waals surface area contributed by atoms with Crippen molar-refractivity contribution in [3.63, 3.8) is 0 Å². The van der Waals surface area contributed by atoms with E-state index in [9.17, 15) is 14.4 Å². The lowest BCUT2D eigenvalue weighted by molar-refractivity contribution is -0.144. The molecule has 2 aromatic rings. The highest BCUT2D eigenvalue weighted by atomic mass is 16.2. The van der Waals surface area contributed by atoms with Crippen LogP contribution in [0.25, 0.3) is 0 Å². The Hall–Kier alpha value is -3.19. The molecule has 2 aliphatic heterocycles. The SMILES string of the molecule is CC[C@H](N)C(=O)N[C@H]1CCCC[C@H]2CC[C@@H](C(=O)N[C@H](c3ccccc3)c3ccc(C)cc3)N2C1=O. The van der Waals surface area contributed by atoms with Gasteiger partial charge < -0.3 is 21.3 Å². The minimum Gasteiger partial charge on any atom is -0.343 e. The summed E-state index contributed by atoms with van der Waals surface area (Å²) in [5.41, 5.74) is 9.04. The molecule has 5 atom stereocenters. The van der Waals surface area contributed by atoms with Crippen LogP contribution in [0.4, 0.5) is 0 Å². The summed E-state index contributed by atoms with van der Waals surface area (Å²) in [4.78, 5) is 41.7. The van der Waals surface area contributed by atoms with E-state index in [1.807, 2.05) is 68.4 Å². The molecule has 0 spiro atoms. The molecule has 2 saturated heterocycles. The first kappa shape index (κ1) is 25.9. The van der Waals surface area contributed by atoms with Crippen LogP contribution in [0.1, 0.15) is 74.6 Å². The molecular weight excluding hydrogens is 452 g/mol. The Labute approximate surface area is 213 Å². The molecule has 0 saturated carbocycles. The van der Waals surface area contributed by atoms with Gasteiger partial charge in [0.2, 0.25) is 17.7 Å². The van der Waals surface area contributed by atoms with Crippen LogP contribution < -0.4 is 16.4 Å². The molecule has 0 unspecified atom stereocenters. The Morgan fingerprint density at radius 2 is 1.64 bits per heavy atom. The summed E-state index contributed by atoms with van der Waals surface area (Å²) in [6.45, 7) is 3.88. The van der Waals surface area contributed by atoms with E-state index in [0.717, 1.165) is 42.4 Å². The monoisotopic (exact) mass is 490 g/mol. The molecule has 3 amide bonds. The van der Waals surface area contributed by atoms with Crippen molar-refractivity contribution in [1.29, 1.82) is 0 Å². The third-order valence-electron chi connectivity index (χ3n) is 7.56. The molecule has 2 aromatic carbocycles.